The van der Waals surface area contributed by atoms with Crippen LogP contribution in [0.3, 0.4) is 0 Å². The van der Waals surface area contributed by atoms with Crippen molar-refractivity contribution in [2.75, 3.05) is 6.54 Å². The Morgan fingerprint density at radius 2 is 1.50 bits per heavy atom. The van der Waals surface area contributed by atoms with Crippen molar-refractivity contribution < 1.29 is 39.0 Å². The van der Waals surface area contributed by atoms with Crippen molar-refractivity contribution in [3.8, 4) is 5.75 Å². The first kappa shape index (κ1) is 41.9. The highest BCUT2D eigenvalue weighted by Gasteiger charge is 2.33. The maximum Gasteiger partial charge on any atom is 0.306 e. The number of amides is 4. The number of nitrogens with one attached hydrogen (secondary N) is 4. The molecule has 1 aliphatic heterocycles. The highest BCUT2D eigenvalue weighted by Crippen LogP contribution is 2.19. The highest BCUT2D eigenvalue weighted by atomic mass is 16.4. The molecule has 0 unspecified atom stereocenters. The standard InChI is InChI=1S/C36H56N6O8/c1-4-5-11-27-33(46)41-29(12-7-6-10-26(38)32(45)39-28(34(47)40-27)13-8-9-18-37)35(48)42-30(20-23-14-16-25(43)17-15-23)31(44)21-24(36(49)50)19-22(2)3/h6-7,14-17,22,24,26-30,43H,4-5,8-13,18-21,37-38H2,1-3H3,(H,39,45)(H,40,47)(H,41,46)(H,42,48)(H,49,50)/t24-,26+,27+,28+,29+,30+/m1/s1. The molecule has 1 aromatic carbocycles. The van der Waals surface area contributed by atoms with E-state index in [-0.39, 0.29) is 50.2 Å². The molecule has 0 spiro atoms. The molecule has 1 heterocycles. The van der Waals surface area contributed by atoms with Gasteiger partial charge >= 0.3 is 5.97 Å². The maximum absolute atomic E-state index is 13.9. The first-order valence-electron chi connectivity index (χ1n) is 17.6. The molecule has 14 nitrogen and oxygen atoms in total. The summed E-state index contributed by atoms with van der Waals surface area (Å²) in [5.41, 5.74) is 12.3. The molecule has 14 heteroatoms. The molecule has 278 valence electrons. The van der Waals surface area contributed by atoms with E-state index in [2.05, 4.69) is 21.3 Å². The van der Waals surface area contributed by atoms with Gasteiger partial charge in [0.15, 0.2) is 5.78 Å². The molecule has 2 rings (SSSR count). The predicted octanol–water partition coefficient (Wildman–Crippen LogP) is 1.58. The summed E-state index contributed by atoms with van der Waals surface area (Å²) in [6, 6.07) is 0.815. The molecular formula is C36H56N6O8. The maximum atomic E-state index is 13.9. The number of carbonyl (C=O) groups is 6. The molecule has 0 saturated carbocycles. The van der Waals surface area contributed by atoms with Gasteiger partial charge in [-0.05, 0) is 81.5 Å². The van der Waals surface area contributed by atoms with Gasteiger partial charge in [-0.25, -0.2) is 0 Å². The van der Waals surface area contributed by atoms with Crippen molar-refractivity contribution in [1.82, 2.24) is 21.3 Å². The molecule has 50 heavy (non-hydrogen) atoms. The summed E-state index contributed by atoms with van der Waals surface area (Å²) in [5.74, 6) is -4.91. The molecule has 1 aromatic rings. The summed E-state index contributed by atoms with van der Waals surface area (Å²) in [6.07, 6.45) is 6.35. The number of aliphatic carboxylic acids is 1. The Morgan fingerprint density at radius 3 is 2.10 bits per heavy atom. The third kappa shape index (κ3) is 14.7. The smallest absolute Gasteiger partial charge is 0.306 e. The first-order chi connectivity index (χ1) is 23.7. The van der Waals surface area contributed by atoms with Crippen LogP contribution in [-0.2, 0) is 35.2 Å². The fourth-order valence-corrected chi connectivity index (χ4v) is 5.69. The summed E-state index contributed by atoms with van der Waals surface area (Å²) in [5, 5.41) is 30.5. The number of phenols is 1. The molecular weight excluding hydrogens is 644 g/mol. The minimum Gasteiger partial charge on any atom is -0.508 e. The van der Waals surface area contributed by atoms with Crippen LogP contribution in [0, 0.1) is 11.8 Å². The van der Waals surface area contributed by atoms with Gasteiger partial charge in [-0.1, -0.05) is 57.9 Å². The number of rotatable bonds is 17. The van der Waals surface area contributed by atoms with Crippen LogP contribution in [0.15, 0.2) is 36.4 Å². The molecule has 10 N–H and O–H groups in total. The Hall–Kier alpha value is -4.30. The van der Waals surface area contributed by atoms with Crippen LogP contribution >= 0.6 is 0 Å². The van der Waals surface area contributed by atoms with E-state index >= 15 is 0 Å². The fourth-order valence-electron chi connectivity index (χ4n) is 5.69. The van der Waals surface area contributed by atoms with Crippen molar-refractivity contribution in [3.05, 3.63) is 42.0 Å². The van der Waals surface area contributed by atoms with Crippen molar-refractivity contribution in [2.45, 2.75) is 122 Å². The minimum atomic E-state index is -1.19. The van der Waals surface area contributed by atoms with E-state index in [1.807, 2.05) is 20.8 Å². The van der Waals surface area contributed by atoms with Crippen molar-refractivity contribution in [1.29, 1.82) is 0 Å². The Morgan fingerprint density at radius 1 is 0.900 bits per heavy atom. The number of phenolic OH excluding ortho intramolecular Hbond substituents is 1. The summed E-state index contributed by atoms with van der Waals surface area (Å²) in [4.78, 5) is 79.5. The quantitative estimate of drug-likeness (QED) is 0.0862. The average Bonchev–Trinajstić information content (AvgIpc) is 3.06. The minimum absolute atomic E-state index is 0.0140. The lowest BCUT2D eigenvalue weighted by atomic mass is 9.89. The average molecular weight is 701 g/mol. The van der Waals surface area contributed by atoms with Gasteiger partial charge in [-0.2, -0.15) is 0 Å². The van der Waals surface area contributed by atoms with Crippen molar-refractivity contribution >= 4 is 35.4 Å². The Bertz CT molecular complexity index is 1320. The molecule has 6 atom stereocenters. The Labute approximate surface area is 294 Å². The van der Waals surface area contributed by atoms with Crippen LogP contribution in [0.25, 0.3) is 0 Å². The van der Waals surface area contributed by atoms with E-state index < -0.39 is 71.5 Å². The van der Waals surface area contributed by atoms with Crippen LogP contribution < -0.4 is 32.7 Å². The van der Waals surface area contributed by atoms with Crippen molar-refractivity contribution in [3.63, 3.8) is 0 Å². The molecule has 0 bridgehead atoms. The highest BCUT2D eigenvalue weighted by molar-refractivity contribution is 5.96. The van der Waals surface area contributed by atoms with Crippen LogP contribution in [0.1, 0.15) is 90.5 Å². The predicted molar refractivity (Wildman–Crippen MR) is 189 cm³/mol. The van der Waals surface area contributed by atoms with E-state index in [4.69, 9.17) is 11.5 Å². The zero-order chi connectivity index (χ0) is 37.2. The number of aromatic hydroxyl groups is 1. The number of nitrogens with two attached hydrogens (primary N) is 2. The second-order valence-electron chi connectivity index (χ2n) is 13.4. The van der Waals surface area contributed by atoms with Crippen molar-refractivity contribution in [2.24, 2.45) is 23.3 Å². The van der Waals surface area contributed by atoms with E-state index in [0.29, 0.717) is 37.8 Å². The topological polar surface area (TPSA) is 243 Å². The van der Waals surface area contributed by atoms with E-state index in [1.54, 1.807) is 24.3 Å². The largest absolute Gasteiger partial charge is 0.508 e. The lowest BCUT2D eigenvalue weighted by molar-refractivity contribution is -0.144. The normalized spacial score (nSPS) is 21.7. The third-order valence-corrected chi connectivity index (χ3v) is 8.59. The van der Waals surface area contributed by atoms with Gasteiger partial charge < -0.3 is 42.9 Å². The summed E-state index contributed by atoms with van der Waals surface area (Å²) in [6.45, 7) is 6.06. The van der Waals surface area contributed by atoms with Gasteiger partial charge in [-0.3, -0.25) is 28.8 Å². The zero-order valence-corrected chi connectivity index (χ0v) is 29.5. The van der Waals surface area contributed by atoms with Gasteiger partial charge in [0.25, 0.3) is 0 Å². The van der Waals surface area contributed by atoms with Crippen LogP contribution in [-0.4, -0.2) is 82.3 Å². The zero-order valence-electron chi connectivity index (χ0n) is 29.5. The van der Waals surface area contributed by atoms with E-state index in [9.17, 15) is 39.0 Å². The first-order valence-corrected chi connectivity index (χ1v) is 17.6. The molecule has 4 amide bonds. The van der Waals surface area contributed by atoms with Crippen LogP contribution in [0.4, 0.5) is 0 Å². The molecule has 0 aliphatic carbocycles. The summed E-state index contributed by atoms with van der Waals surface area (Å²) >= 11 is 0. The van der Waals surface area contributed by atoms with Gasteiger partial charge in [0.2, 0.25) is 23.6 Å². The lowest BCUT2D eigenvalue weighted by Crippen LogP contribution is -2.58. The Balaban J connectivity index is 2.42. The van der Waals surface area contributed by atoms with E-state index in [1.165, 1.54) is 12.1 Å². The number of carboxylic acid groups (broad SMARTS) is 1. The second-order valence-corrected chi connectivity index (χ2v) is 13.4. The van der Waals surface area contributed by atoms with Gasteiger partial charge in [0, 0.05) is 6.42 Å². The number of carboxylic acids is 1. The van der Waals surface area contributed by atoms with Crippen LogP contribution in [0.2, 0.25) is 0 Å². The molecule has 0 aromatic heterocycles. The summed E-state index contributed by atoms with van der Waals surface area (Å²) in [7, 11) is 0. The molecule has 0 saturated heterocycles. The summed E-state index contributed by atoms with van der Waals surface area (Å²) < 4.78 is 0. The number of ketones is 1. The van der Waals surface area contributed by atoms with Crippen LogP contribution in [0.5, 0.6) is 5.75 Å². The SMILES string of the molecule is CCCC[C@@H]1NC(=O)[C@H](CCCCN)NC(=O)[C@@H](N)CC=CC[C@@H](C(=O)N[C@@H](Cc2ccc(O)cc2)C(=O)C[C@@H](CC(C)C)C(=O)O)NC1=O. The number of hydrogen-bond donors (Lipinski definition) is 8. The molecule has 0 radical (unpaired) electrons. The Kier molecular flexibility index (Phi) is 18.2. The van der Waals surface area contributed by atoms with Gasteiger partial charge in [-0.15, -0.1) is 0 Å². The second kappa shape index (κ2) is 21.7. The number of benzene rings is 1. The fraction of sp³-hybridized carbons (Fsp3) is 0.611. The number of hydrogen-bond acceptors (Lipinski definition) is 9. The third-order valence-electron chi connectivity index (χ3n) is 8.59. The lowest BCUT2D eigenvalue weighted by Gasteiger charge is -2.27. The number of unbranched alkanes of at least 4 members (excludes halogenated alkanes) is 2. The number of carbonyl (C=O) groups excluding carboxylic acids is 5. The van der Waals surface area contributed by atoms with Gasteiger partial charge in [0.1, 0.15) is 23.9 Å². The molecule has 1 aliphatic rings. The van der Waals surface area contributed by atoms with Gasteiger partial charge in [0.05, 0.1) is 18.0 Å². The van der Waals surface area contributed by atoms with E-state index in [0.717, 1.165) is 6.42 Å². The monoisotopic (exact) mass is 700 g/mol. The number of Topliss-reactive ketones (excluding diaryl/α,β-unsaturated/α-hetero) is 1. The molecule has 0 fully saturated rings.